The van der Waals surface area contributed by atoms with Crippen LogP contribution in [-0.4, -0.2) is 58.6 Å². The van der Waals surface area contributed by atoms with E-state index in [1.54, 1.807) is 0 Å². The molecule has 0 aromatic heterocycles. The Morgan fingerprint density at radius 1 is 1.00 bits per heavy atom. The number of esters is 1. The highest BCUT2D eigenvalue weighted by atomic mass is 16.9. The number of hydroxylamine groups is 2. The minimum atomic E-state index is -1.35. The molecule has 146 valence electrons. The summed E-state index contributed by atoms with van der Waals surface area (Å²) in [6.45, 7) is 1.45. The van der Waals surface area contributed by atoms with Crippen LogP contribution in [-0.2, 0) is 38.3 Å². The summed E-state index contributed by atoms with van der Waals surface area (Å²) < 4.78 is 9.48. The standard InChI is InChI=1S/C16H18N2O9/c1-10(26-16(24)27-18-13(21)7-8-14(18)22)25-15(23)4-2-3-9-17-11(19)5-6-12(17)20/h5-6,10H,2-4,7-9H2,1H3. The van der Waals surface area contributed by atoms with Crippen LogP contribution in [0.4, 0.5) is 4.79 Å². The van der Waals surface area contributed by atoms with Crippen molar-refractivity contribution in [3.05, 3.63) is 12.2 Å². The quantitative estimate of drug-likeness (QED) is 0.249. The van der Waals surface area contributed by atoms with Gasteiger partial charge in [0.15, 0.2) is 0 Å². The summed E-state index contributed by atoms with van der Waals surface area (Å²) in [6.07, 6.45) is 0.351. The van der Waals surface area contributed by atoms with Gasteiger partial charge in [-0.2, -0.15) is 0 Å². The smallest absolute Gasteiger partial charge is 0.425 e. The van der Waals surface area contributed by atoms with Crippen LogP contribution < -0.4 is 0 Å². The highest BCUT2D eigenvalue weighted by Gasteiger charge is 2.34. The number of nitrogens with zero attached hydrogens (tertiary/aromatic N) is 2. The molecule has 0 aromatic carbocycles. The van der Waals surface area contributed by atoms with Crippen LogP contribution in [0.25, 0.3) is 0 Å². The number of carbonyl (C=O) groups excluding carboxylic acids is 6. The summed E-state index contributed by atoms with van der Waals surface area (Å²) in [6, 6.07) is 0. The van der Waals surface area contributed by atoms with Gasteiger partial charge in [-0.15, -0.1) is 0 Å². The Balaban J connectivity index is 1.61. The summed E-state index contributed by atoms with van der Waals surface area (Å²) >= 11 is 0. The normalized spacial score (nSPS) is 17.5. The predicted octanol–water partition coefficient (Wildman–Crippen LogP) is 0.188. The molecular weight excluding hydrogens is 364 g/mol. The third-order valence-corrected chi connectivity index (χ3v) is 3.64. The Bertz CT molecular complexity index is 666. The first-order valence-corrected chi connectivity index (χ1v) is 8.25. The molecule has 1 atom stereocenters. The van der Waals surface area contributed by atoms with Gasteiger partial charge in [-0.1, -0.05) is 5.06 Å². The van der Waals surface area contributed by atoms with E-state index < -0.39 is 42.0 Å². The first-order valence-electron chi connectivity index (χ1n) is 8.25. The molecule has 0 aromatic rings. The molecule has 11 heteroatoms. The first kappa shape index (κ1) is 20.1. The van der Waals surface area contributed by atoms with E-state index in [1.165, 1.54) is 19.1 Å². The Morgan fingerprint density at radius 2 is 1.59 bits per heavy atom. The van der Waals surface area contributed by atoms with E-state index in [9.17, 15) is 28.8 Å². The molecule has 4 amide bonds. The Kier molecular flexibility index (Phi) is 6.63. The number of imide groups is 2. The minimum absolute atomic E-state index is 0.0184. The Morgan fingerprint density at radius 3 is 2.19 bits per heavy atom. The van der Waals surface area contributed by atoms with E-state index in [-0.39, 0.29) is 25.8 Å². The number of amides is 4. The molecule has 27 heavy (non-hydrogen) atoms. The highest BCUT2D eigenvalue weighted by Crippen LogP contribution is 2.13. The fourth-order valence-electron chi connectivity index (χ4n) is 2.35. The van der Waals surface area contributed by atoms with E-state index >= 15 is 0 Å². The third kappa shape index (κ3) is 5.62. The van der Waals surface area contributed by atoms with Crippen molar-refractivity contribution in [3.63, 3.8) is 0 Å². The molecule has 1 unspecified atom stereocenters. The lowest BCUT2D eigenvalue weighted by molar-refractivity contribution is -0.191. The van der Waals surface area contributed by atoms with Crippen LogP contribution in [0.1, 0.15) is 39.0 Å². The van der Waals surface area contributed by atoms with Gasteiger partial charge in [0.25, 0.3) is 23.6 Å². The second kappa shape index (κ2) is 8.92. The molecule has 0 saturated carbocycles. The third-order valence-electron chi connectivity index (χ3n) is 3.64. The molecular formula is C16H18N2O9. The van der Waals surface area contributed by atoms with Crippen molar-refractivity contribution < 1.29 is 43.1 Å². The van der Waals surface area contributed by atoms with Crippen LogP contribution >= 0.6 is 0 Å². The summed E-state index contributed by atoms with van der Waals surface area (Å²) in [5, 5.41) is 0.312. The molecule has 0 bridgehead atoms. The number of carbonyl (C=O) groups is 6. The zero-order valence-corrected chi connectivity index (χ0v) is 14.5. The number of hydrogen-bond donors (Lipinski definition) is 0. The average molecular weight is 382 g/mol. The van der Waals surface area contributed by atoms with Crippen LogP contribution in [0.3, 0.4) is 0 Å². The van der Waals surface area contributed by atoms with E-state index in [2.05, 4.69) is 9.57 Å². The SMILES string of the molecule is CC(OC(=O)CCCCN1C(=O)C=CC1=O)OC(=O)ON1C(=O)CCC1=O. The molecule has 2 aliphatic rings. The second-order valence-corrected chi connectivity index (χ2v) is 5.72. The maximum Gasteiger partial charge on any atom is 0.537 e. The van der Waals surface area contributed by atoms with E-state index in [1.807, 2.05) is 0 Å². The lowest BCUT2D eigenvalue weighted by atomic mass is 10.2. The largest absolute Gasteiger partial charge is 0.537 e. The van der Waals surface area contributed by atoms with Crippen LogP contribution in [0.15, 0.2) is 12.2 Å². The second-order valence-electron chi connectivity index (χ2n) is 5.72. The molecule has 2 rings (SSSR count). The molecule has 0 spiro atoms. The number of rotatable bonds is 8. The van der Waals surface area contributed by atoms with Gasteiger partial charge in [0, 0.05) is 44.9 Å². The van der Waals surface area contributed by atoms with Crippen LogP contribution in [0, 0.1) is 0 Å². The molecule has 2 heterocycles. The minimum Gasteiger partial charge on any atom is -0.425 e. The van der Waals surface area contributed by atoms with Gasteiger partial charge < -0.3 is 9.47 Å². The summed E-state index contributed by atoms with van der Waals surface area (Å²) in [5.41, 5.74) is 0. The van der Waals surface area contributed by atoms with Crippen molar-refractivity contribution in [1.29, 1.82) is 0 Å². The fourth-order valence-corrected chi connectivity index (χ4v) is 2.35. The van der Waals surface area contributed by atoms with E-state index in [4.69, 9.17) is 4.74 Å². The molecule has 0 N–H and O–H groups in total. The van der Waals surface area contributed by atoms with Crippen molar-refractivity contribution in [2.75, 3.05) is 6.54 Å². The van der Waals surface area contributed by atoms with Crippen LogP contribution in [0.2, 0.25) is 0 Å². The summed E-state index contributed by atoms with van der Waals surface area (Å²) in [4.78, 5) is 74.0. The first-order chi connectivity index (χ1) is 12.8. The van der Waals surface area contributed by atoms with Crippen molar-refractivity contribution in [1.82, 2.24) is 9.96 Å². The topological polar surface area (TPSA) is 137 Å². The highest BCUT2D eigenvalue weighted by molar-refractivity contribution is 6.12. The summed E-state index contributed by atoms with van der Waals surface area (Å²) in [5.74, 6) is -2.77. The van der Waals surface area contributed by atoms with Gasteiger partial charge in [-0.3, -0.25) is 33.7 Å². The number of ether oxygens (including phenoxy) is 2. The number of unbranched alkanes of at least 4 members (excludes halogenated alkanes) is 1. The van der Waals surface area contributed by atoms with Gasteiger partial charge >= 0.3 is 12.1 Å². The molecule has 0 radical (unpaired) electrons. The Labute approximate surface area is 153 Å². The van der Waals surface area contributed by atoms with Gasteiger partial charge in [0.2, 0.25) is 6.29 Å². The maximum absolute atomic E-state index is 11.7. The lowest BCUT2D eigenvalue weighted by Gasteiger charge is -2.16. The fraction of sp³-hybridized carbons (Fsp3) is 0.500. The van der Waals surface area contributed by atoms with Gasteiger partial charge in [0.05, 0.1) is 0 Å². The molecule has 0 aliphatic carbocycles. The van der Waals surface area contributed by atoms with Gasteiger partial charge in [0.1, 0.15) is 0 Å². The van der Waals surface area contributed by atoms with Gasteiger partial charge in [-0.05, 0) is 12.8 Å². The monoisotopic (exact) mass is 382 g/mol. The summed E-state index contributed by atoms with van der Waals surface area (Å²) in [7, 11) is 0. The molecule has 1 fully saturated rings. The van der Waals surface area contributed by atoms with Gasteiger partial charge in [-0.25, -0.2) is 4.79 Å². The van der Waals surface area contributed by atoms with Crippen molar-refractivity contribution >= 4 is 35.8 Å². The molecule has 1 saturated heterocycles. The predicted molar refractivity (Wildman–Crippen MR) is 83.9 cm³/mol. The zero-order chi connectivity index (χ0) is 20.0. The van der Waals surface area contributed by atoms with E-state index in [0.29, 0.717) is 17.9 Å². The average Bonchev–Trinajstić information content (AvgIpc) is 3.08. The number of hydrogen-bond acceptors (Lipinski definition) is 9. The zero-order valence-electron chi connectivity index (χ0n) is 14.5. The van der Waals surface area contributed by atoms with Crippen molar-refractivity contribution in [2.24, 2.45) is 0 Å². The maximum atomic E-state index is 11.7. The van der Waals surface area contributed by atoms with Crippen molar-refractivity contribution in [3.8, 4) is 0 Å². The molecule has 2 aliphatic heterocycles. The van der Waals surface area contributed by atoms with E-state index in [0.717, 1.165) is 4.90 Å². The Hall–Kier alpha value is -3.24. The lowest BCUT2D eigenvalue weighted by Crippen LogP contribution is -2.34. The molecule has 11 nitrogen and oxygen atoms in total. The van der Waals surface area contributed by atoms with Crippen LogP contribution in [0.5, 0.6) is 0 Å². The van der Waals surface area contributed by atoms with Crippen molar-refractivity contribution in [2.45, 2.75) is 45.3 Å².